The molecule has 7 heteroatoms. The van der Waals surface area contributed by atoms with Crippen molar-refractivity contribution in [3.05, 3.63) is 55.1 Å². The lowest BCUT2D eigenvalue weighted by Gasteiger charge is -2.09. The number of nitrogens with zero attached hydrogens (tertiary/aromatic N) is 4. The van der Waals surface area contributed by atoms with E-state index in [9.17, 15) is 4.79 Å². The van der Waals surface area contributed by atoms with Gasteiger partial charge in [-0.3, -0.25) is 4.79 Å². The van der Waals surface area contributed by atoms with Gasteiger partial charge in [0.15, 0.2) is 0 Å². The highest BCUT2D eigenvalue weighted by Crippen LogP contribution is 2.23. The van der Waals surface area contributed by atoms with E-state index in [1.807, 2.05) is 35.0 Å². The smallest absolute Gasteiger partial charge is 0.321 e. The first kappa shape index (κ1) is 15.7. The molecule has 0 aliphatic heterocycles. The van der Waals surface area contributed by atoms with Crippen molar-refractivity contribution in [3.63, 3.8) is 0 Å². The van der Waals surface area contributed by atoms with Gasteiger partial charge >= 0.3 is 6.01 Å². The van der Waals surface area contributed by atoms with Crippen molar-refractivity contribution in [1.29, 1.82) is 0 Å². The number of nitrogens with one attached hydrogen (secondary N) is 1. The van der Waals surface area contributed by atoms with Crippen molar-refractivity contribution in [2.75, 3.05) is 6.54 Å². The highest BCUT2D eigenvalue weighted by molar-refractivity contribution is 5.72. The number of benzene rings is 1. The van der Waals surface area contributed by atoms with Gasteiger partial charge in [0.05, 0.1) is 0 Å². The zero-order chi connectivity index (χ0) is 16.8. The summed E-state index contributed by atoms with van der Waals surface area (Å²) in [6.07, 6.45) is 6.88. The van der Waals surface area contributed by atoms with Crippen molar-refractivity contribution in [2.45, 2.75) is 13.5 Å². The molecule has 0 saturated carbocycles. The van der Waals surface area contributed by atoms with Crippen LogP contribution in [0.3, 0.4) is 0 Å². The molecular weight excluding hydrogens is 306 g/mol. The maximum absolute atomic E-state index is 11.0. The molecule has 3 rings (SSSR count). The zero-order valence-corrected chi connectivity index (χ0v) is 13.2. The minimum atomic E-state index is -0.0405. The number of hydrogen-bond donors (Lipinski definition) is 1. The van der Waals surface area contributed by atoms with E-state index >= 15 is 0 Å². The molecule has 2 aromatic heterocycles. The van der Waals surface area contributed by atoms with Crippen molar-refractivity contribution in [1.82, 2.24) is 24.8 Å². The molecular formula is C17H17N5O2. The number of carbonyl (C=O) groups excluding carboxylic acids is 1. The van der Waals surface area contributed by atoms with E-state index in [2.05, 4.69) is 20.3 Å². The normalized spacial score (nSPS) is 10.4. The van der Waals surface area contributed by atoms with E-state index in [0.717, 1.165) is 11.4 Å². The molecule has 122 valence electrons. The molecule has 0 aliphatic carbocycles. The molecule has 3 aromatic rings. The fourth-order valence-corrected chi connectivity index (χ4v) is 2.22. The summed E-state index contributed by atoms with van der Waals surface area (Å²) in [5, 5.41) is 2.78. The number of hydrogen-bond acceptors (Lipinski definition) is 5. The van der Waals surface area contributed by atoms with E-state index in [1.54, 1.807) is 24.7 Å². The van der Waals surface area contributed by atoms with E-state index in [4.69, 9.17) is 4.74 Å². The molecule has 24 heavy (non-hydrogen) atoms. The lowest BCUT2D eigenvalue weighted by molar-refractivity contribution is -0.118. The SMILES string of the molecule is CC(=O)NCCn1ccnc1-c1ccc(Oc2ncccn2)cc1. The van der Waals surface area contributed by atoms with Gasteiger partial charge in [-0.1, -0.05) is 0 Å². The number of amides is 1. The number of rotatable bonds is 6. The number of aromatic nitrogens is 4. The third-order valence-electron chi connectivity index (χ3n) is 3.31. The van der Waals surface area contributed by atoms with Gasteiger partial charge in [-0.15, -0.1) is 0 Å². The van der Waals surface area contributed by atoms with Gasteiger partial charge in [-0.25, -0.2) is 15.0 Å². The molecule has 7 nitrogen and oxygen atoms in total. The highest BCUT2D eigenvalue weighted by Gasteiger charge is 2.07. The Morgan fingerprint density at radius 1 is 1.12 bits per heavy atom. The summed E-state index contributed by atoms with van der Waals surface area (Å²) in [6, 6.07) is 9.58. The molecule has 0 atom stereocenters. The summed E-state index contributed by atoms with van der Waals surface area (Å²) in [5.41, 5.74) is 0.962. The van der Waals surface area contributed by atoms with Crippen molar-refractivity contribution in [2.24, 2.45) is 0 Å². The van der Waals surface area contributed by atoms with Gasteiger partial charge in [0.25, 0.3) is 0 Å². The summed E-state index contributed by atoms with van der Waals surface area (Å²) in [4.78, 5) is 23.4. The van der Waals surface area contributed by atoms with Crippen LogP contribution in [0.2, 0.25) is 0 Å². The van der Waals surface area contributed by atoms with Crippen LogP contribution in [0.1, 0.15) is 6.92 Å². The molecule has 0 bridgehead atoms. The van der Waals surface area contributed by atoms with Crippen molar-refractivity contribution < 1.29 is 9.53 Å². The van der Waals surface area contributed by atoms with Crippen LogP contribution < -0.4 is 10.1 Å². The average molecular weight is 323 g/mol. The van der Waals surface area contributed by atoms with Gasteiger partial charge in [0.1, 0.15) is 11.6 Å². The molecule has 0 spiro atoms. The predicted molar refractivity (Wildman–Crippen MR) is 88.5 cm³/mol. The Hall–Kier alpha value is -3.22. The van der Waals surface area contributed by atoms with Gasteiger partial charge in [-0.05, 0) is 30.3 Å². The maximum Gasteiger partial charge on any atom is 0.321 e. The second-order valence-corrected chi connectivity index (χ2v) is 5.09. The van der Waals surface area contributed by atoms with Crippen LogP contribution >= 0.6 is 0 Å². The molecule has 0 fully saturated rings. The van der Waals surface area contributed by atoms with Gasteiger partial charge < -0.3 is 14.6 Å². The van der Waals surface area contributed by atoms with Gasteiger partial charge in [0.2, 0.25) is 5.91 Å². The van der Waals surface area contributed by atoms with Gasteiger partial charge in [-0.2, -0.15) is 0 Å². The fourth-order valence-electron chi connectivity index (χ4n) is 2.22. The number of imidazole rings is 1. The quantitative estimate of drug-likeness (QED) is 0.752. The first-order valence-electron chi connectivity index (χ1n) is 7.53. The average Bonchev–Trinajstić information content (AvgIpc) is 3.05. The van der Waals surface area contributed by atoms with E-state index in [0.29, 0.717) is 24.8 Å². The molecule has 1 aromatic carbocycles. The van der Waals surface area contributed by atoms with Crippen LogP contribution in [0.4, 0.5) is 0 Å². The van der Waals surface area contributed by atoms with Crippen LogP contribution in [0.15, 0.2) is 55.1 Å². The molecule has 0 radical (unpaired) electrons. The first-order valence-corrected chi connectivity index (χ1v) is 7.53. The molecule has 0 saturated heterocycles. The van der Waals surface area contributed by atoms with Gasteiger partial charge in [0, 0.05) is 50.4 Å². The Bertz CT molecular complexity index is 799. The lowest BCUT2D eigenvalue weighted by atomic mass is 10.2. The van der Waals surface area contributed by atoms with E-state index in [-0.39, 0.29) is 5.91 Å². The summed E-state index contributed by atoms with van der Waals surface area (Å²) in [7, 11) is 0. The molecule has 1 N–H and O–H groups in total. The van der Waals surface area contributed by atoms with Crippen LogP contribution in [0.5, 0.6) is 11.8 Å². The summed E-state index contributed by atoms with van der Waals surface area (Å²) < 4.78 is 7.57. The molecule has 2 heterocycles. The lowest BCUT2D eigenvalue weighted by Crippen LogP contribution is -2.24. The van der Waals surface area contributed by atoms with Crippen LogP contribution in [0.25, 0.3) is 11.4 Å². The summed E-state index contributed by atoms with van der Waals surface area (Å²) in [5.74, 6) is 1.45. The van der Waals surface area contributed by atoms with E-state index < -0.39 is 0 Å². The Morgan fingerprint density at radius 3 is 2.58 bits per heavy atom. The monoisotopic (exact) mass is 323 g/mol. The molecule has 1 amide bonds. The third-order valence-corrected chi connectivity index (χ3v) is 3.31. The topological polar surface area (TPSA) is 81.9 Å². The fraction of sp³-hybridized carbons (Fsp3) is 0.176. The standard InChI is InChI=1S/C17H17N5O2/c1-13(23)18-9-11-22-12-10-19-16(22)14-3-5-15(6-4-14)24-17-20-7-2-8-21-17/h2-8,10,12H,9,11H2,1H3,(H,18,23). The Morgan fingerprint density at radius 2 is 1.88 bits per heavy atom. The van der Waals surface area contributed by atoms with Crippen molar-refractivity contribution in [3.8, 4) is 23.1 Å². The van der Waals surface area contributed by atoms with Crippen molar-refractivity contribution >= 4 is 5.91 Å². The second kappa shape index (κ2) is 7.36. The van der Waals surface area contributed by atoms with Crippen LogP contribution in [-0.2, 0) is 11.3 Å². The third kappa shape index (κ3) is 3.95. The highest BCUT2D eigenvalue weighted by atomic mass is 16.5. The molecule has 0 aliphatic rings. The predicted octanol–water partition coefficient (Wildman–Crippen LogP) is 2.27. The minimum absolute atomic E-state index is 0.0405. The summed E-state index contributed by atoms with van der Waals surface area (Å²) in [6.45, 7) is 2.72. The van der Waals surface area contributed by atoms with Crippen LogP contribution in [-0.4, -0.2) is 32.0 Å². The Balaban J connectivity index is 1.70. The van der Waals surface area contributed by atoms with Crippen LogP contribution in [0, 0.1) is 0 Å². The Kier molecular flexibility index (Phi) is 4.81. The Labute approximate surface area is 139 Å². The largest absolute Gasteiger partial charge is 0.424 e. The van der Waals surface area contributed by atoms with E-state index in [1.165, 1.54) is 6.92 Å². The number of carbonyl (C=O) groups is 1. The number of ether oxygens (including phenoxy) is 1. The maximum atomic E-state index is 11.0. The second-order valence-electron chi connectivity index (χ2n) is 5.09. The molecule has 0 unspecified atom stereocenters. The minimum Gasteiger partial charge on any atom is -0.424 e. The zero-order valence-electron chi connectivity index (χ0n) is 13.2. The first-order chi connectivity index (χ1) is 11.7. The summed E-state index contributed by atoms with van der Waals surface area (Å²) >= 11 is 0.